The van der Waals surface area contributed by atoms with Gasteiger partial charge in [-0.2, -0.15) is 0 Å². The van der Waals surface area contributed by atoms with Gasteiger partial charge in [-0.25, -0.2) is 4.79 Å². The molecule has 32 heavy (non-hydrogen) atoms. The Morgan fingerprint density at radius 2 is 1.91 bits per heavy atom. The number of nitrogens with one attached hydrogen (secondary N) is 2. The summed E-state index contributed by atoms with van der Waals surface area (Å²) in [6, 6.07) is 8.84. The maximum atomic E-state index is 12.8. The van der Waals surface area contributed by atoms with Crippen LogP contribution in [0.4, 0.5) is 10.5 Å². The number of hydrogen-bond donors (Lipinski definition) is 2. The van der Waals surface area contributed by atoms with Crippen molar-refractivity contribution >= 4 is 23.5 Å². The average Bonchev–Trinajstić information content (AvgIpc) is 3.10. The van der Waals surface area contributed by atoms with Gasteiger partial charge in [-0.05, 0) is 36.2 Å². The maximum Gasteiger partial charge on any atom is 0.321 e. The fourth-order valence-electron chi connectivity index (χ4n) is 4.73. The molecular weight excluding hydrogens is 408 g/mol. The lowest BCUT2D eigenvalue weighted by atomic mass is 10.1. The second kappa shape index (κ2) is 8.23. The minimum atomic E-state index is -0.680. The molecule has 2 N–H and O–H groups in total. The van der Waals surface area contributed by atoms with Crippen molar-refractivity contribution in [3.05, 3.63) is 58.9 Å². The zero-order valence-electron chi connectivity index (χ0n) is 18.0. The highest BCUT2D eigenvalue weighted by molar-refractivity contribution is 6.05. The van der Waals surface area contributed by atoms with E-state index in [9.17, 15) is 14.4 Å². The highest BCUT2D eigenvalue weighted by Crippen LogP contribution is 2.27. The van der Waals surface area contributed by atoms with Gasteiger partial charge in [0.05, 0.1) is 11.4 Å². The van der Waals surface area contributed by atoms with Gasteiger partial charge >= 0.3 is 6.03 Å². The molecule has 9 nitrogen and oxygen atoms in total. The fourth-order valence-corrected chi connectivity index (χ4v) is 4.73. The van der Waals surface area contributed by atoms with Gasteiger partial charge in [-0.3, -0.25) is 24.8 Å². The SMILES string of the molecule is Cc1ncccc1N1CCN(Cc2ccc3c(c2)CN(C2CNC(=O)NC2=O)C3=O)CC1. The van der Waals surface area contributed by atoms with Crippen LogP contribution in [0.2, 0.25) is 0 Å². The molecule has 0 aliphatic carbocycles. The summed E-state index contributed by atoms with van der Waals surface area (Å²) in [6.45, 7) is 7.19. The number of rotatable bonds is 4. The van der Waals surface area contributed by atoms with E-state index >= 15 is 0 Å². The van der Waals surface area contributed by atoms with Crippen molar-refractivity contribution in [2.24, 2.45) is 0 Å². The number of benzene rings is 1. The molecule has 1 aromatic carbocycles. The van der Waals surface area contributed by atoms with Crippen LogP contribution in [0.3, 0.4) is 0 Å². The lowest BCUT2D eigenvalue weighted by Crippen LogP contribution is -2.61. The van der Waals surface area contributed by atoms with E-state index in [0.29, 0.717) is 12.1 Å². The highest BCUT2D eigenvalue weighted by atomic mass is 16.2. The lowest BCUT2D eigenvalue weighted by molar-refractivity contribution is -0.125. The number of imide groups is 1. The number of aryl methyl sites for hydroxylation is 1. The van der Waals surface area contributed by atoms with Crippen molar-refractivity contribution in [1.82, 2.24) is 25.4 Å². The number of fused-ring (bicyclic) bond motifs is 1. The predicted molar refractivity (Wildman–Crippen MR) is 118 cm³/mol. The van der Waals surface area contributed by atoms with Gasteiger partial charge in [-0.15, -0.1) is 0 Å². The molecule has 166 valence electrons. The number of anilines is 1. The topological polar surface area (TPSA) is 97.9 Å². The fraction of sp³-hybridized carbons (Fsp3) is 0.391. The van der Waals surface area contributed by atoms with E-state index in [4.69, 9.17) is 0 Å². The van der Waals surface area contributed by atoms with Crippen molar-refractivity contribution in [3.8, 4) is 0 Å². The lowest BCUT2D eigenvalue weighted by Gasteiger charge is -2.36. The van der Waals surface area contributed by atoms with E-state index in [-0.39, 0.29) is 12.5 Å². The first-order valence-electron chi connectivity index (χ1n) is 10.9. The van der Waals surface area contributed by atoms with Gasteiger partial charge in [0.25, 0.3) is 11.8 Å². The normalized spacial score (nSPS) is 21.4. The highest BCUT2D eigenvalue weighted by Gasteiger charge is 2.39. The molecule has 2 saturated heterocycles. The van der Waals surface area contributed by atoms with E-state index in [0.717, 1.165) is 49.5 Å². The number of hydrogen-bond acceptors (Lipinski definition) is 6. The van der Waals surface area contributed by atoms with Crippen LogP contribution < -0.4 is 15.5 Å². The van der Waals surface area contributed by atoms with Crippen molar-refractivity contribution in [2.75, 3.05) is 37.6 Å². The largest absolute Gasteiger partial charge is 0.368 e. The molecule has 1 aromatic heterocycles. The maximum absolute atomic E-state index is 12.8. The molecule has 1 atom stereocenters. The first-order chi connectivity index (χ1) is 15.5. The molecule has 1 unspecified atom stereocenters. The van der Waals surface area contributed by atoms with Crippen molar-refractivity contribution in [2.45, 2.75) is 26.1 Å². The van der Waals surface area contributed by atoms with E-state index in [1.165, 1.54) is 10.6 Å². The monoisotopic (exact) mass is 434 g/mol. The molecule has 3 aliphatic rings. The third-order valence-electron chi connectivity index (χ3n) is 6.47. The number of urea groups is 1. The Labute approximate surface area is 186 Å². The van der Waals surface area contributed by atoms with Gasteiger partial charge in [0, 0.05) is 57.6 Å². The van der Waals surface area contributed by atoms with Crippen LogP contribution in [0.5, 0.6) is 0 Å². The second-order valence-corrected chi connectivity index (χ2v) is 8.51. The van der Waals surface area contributed by atoms with Crippen LogP contribution in [-0.2, 0) is 17.9 Å². The second-order valence-electron chi connectivity index (χ2n) is 8.51. The van der Waals surface area contributed by atoms with Crippen molar-refractivity contribution in [1.29, 1.82) is 0 Å². The number of aromatic nitrogens is 1. The third-order valence-corrected chi connectivity index (χ3v) is 6.47. The third kappa shape index (κ3) is 3.80. The minimum absolute atomic E-state index is 0.137. The number of pyridine rings is 1. The van der Waals surface area contributed by atoms with Gasteiger partial charge in [0.15, 0.2) is 0 Å². The summed E-state index contributed by atoms with van der Waals surface area (Å²) in [4.78, 5) is 47.1. The predicted octanol–water partition coefficient (Wildman–Crippen LogP) is 0.876. The number of carbonyl (C=O) groups is 3. The number of carbonyl (C=O) groups excluding carboxylic acids is 3. The zero-order chi connectivity index (χ0) is 22.2. The zero-order valence-corrected chi connectivity index (χ0v) is 18.0. The van der Waals surface area contributed by atoms with E-state index in [1.807, 2.05) is 31.3 Å². The van der Waals surface area contributed by atoms with Crippen LogP contribution in [-0.4, -0.2) is 71.4 Å². The number of nitrogens with zero attached hydrogens (tertiary/aromatic N) is 4. The van der Waals surface area contributed by atoms with Crippen LogP contribution in [0.15, 0.2) is 36.5 Å². The minimum Gasteiger partial charge on any atom is -0.368 e. The summed E-state index contributed by atoms with van der Waals surface area (Å²) in [5, 5.41) is 4.83. The smallest absolute Gasteiger partial charge is 0.321 e. The summed E-state index contributed by atoms with van der Waals surface area (Å²) < 4.78 is 0. The first kappa shape index (κ1) is 20.4. The molecule has 5 rings (SSSR count). The van der Waals surface area contributed by atoms with E-state index in [2.05, 4.69) is 37.6 Å². The van der Waals surface area contributed by atoms with Crippen molar-refractivity contribution < 1.29 is 14.4 Å². The van der Waals surface area contributed by atoms with Crippen LogP contribution in [0.25, 0.3) is 0 Å². The molecule has 0 bridgehead atoms. The number of amides is 4. The summed E-state index contributed by atoms with van der Waals surface area (Å²) in [5.41, 5.74) is 4.98. The van der Waals surface area contributed by atoms with E-state index < -0.39 is 18.0 Å². The van der Waals surface area contributed by atoms with Crippen molar-refractivity contribution in [3.63, 3.8) is 0 Å². The molecule has 9 heteroatoms. The number of piperazine rings is 1. The van der Waals surface area contributed by atoms with Crippen LogP contribution in [0.1, 0.15) is 27.2 Å². The first-order valence-corrected chi connectivity index (χ1v) is 10.9. The van der Waals surface area contributed by atoms with Crippen LogP contribution >= 0.6 is 0 Å². The Hall–Kier alpha value is -3.46. The van der Waals surface area contributed by atoms with Gasteiger partial charge in [0.2, 0.25) is 0 Å². The van der Waals surface area contributed by atoms with Gasteiger partial charge in [-0.1, -0.05) is 12.1 Å². The Morgan fingerprint density at radius 3 is 2.66 bits per heavy atom. The molecule has 0 radical (unpaired) electrons. The molecule has 4 amide bonds. The van der Waals surface area contributed by atoms with Gasteiger partial charge < -0.3 is 15.1 Å². The molecule has 0 spiro atoms. The Kier molecular flexibility index (Phi) is 5.26. The van der Waals surface area contributed by atoms with E-state index in [1.54, 1.807) is 0 Å². The molecule has 4 heterocycles. The Bertz CT molecular complexity index is 1080. The standard InChI is InChI=1S/C23H26N6O3/c1-15-19(3-2-6-24-15)28-9-7-27(8-10-28)13-16-4-5-18-17(11-16)14-29(22(18)31)20-12-25-23(32)26-21(20)30/h2-6,11,20H,7-10,12-14H2,1H3,(H2,25,26,30,32). The summed E-state index contributed by atoms with van der Waals surface area (Å²) in [7, 11) is 0. The quantitative estimate of drug-likeness (QED) is 0.741. The van der Waals surface area contributed by atoms with Gasteiger partial charge in [0.1, 0.15) is 6.04 Å². The average molecular weight is 435 g/mol. The summed E-state index contributed by atoms with van der Waals surface area (Å²) in [5.74, 6) is -0.597. The molecule has 2 fully saturated rings. The summed E-state index contributed by atoms with van der Waals surface area (Å²) >= 11 is 0. The Balaban J connectivity index is 1.22. The molecule has 3 aliphatic heterocycles. The molecule has 2 aromatic rings. The molecule has 0 saturated carbocycles. The summed E-state index contributed by atoms with van der Waals surface area (Å²) in [6.07, 6.45) is 1.82. The van der Waals surface area contributed by atoms with Crippen LogP contribution in [0, 0.1) is 6.92 Å². The molecular formula is C23H26N6O3. The Morgan fingerprint density at radius 1 is 1.09 bits per heavy atom.